The molecule has 0 radical (unpaired) electrons. The second-order valence-corrected chi connectivity index (χ2v) is 6.21. The molecule has 1 unspecified atom stereocenters. The monoisotopic (exact) mass is 361 g/mol. The van der Waals surface area contributed by atoms with Crippen molar-refractivity contribution in [3.05, 3.63) is 52.0 Å². The summed E-state index contributed by atoms with van der Waals surface area (Å²) >= 11 is 6.37. The maximum absolute atomic E-state index is 11.7. The Kier molecular flexibility index (Phi) is 5.04. The molecule has 2 aromatic carbocycles. The summed E-state index contributed by atoms with van der Waals surface area (Å²) in [5.41, 5.74) is 3.09. The first-order chi connectivity index (χ1) is 12.1. The van der Waals surface area contributed by atoms with Crippen LogP contribution in [0.5, 0.6) is 17.2 Å². The number of rotatable bonds is 5. The van der Waals surface area contributed by atoms with E-state index < -0.39 is 0 Å². The number of nitrogens with zero attached hydrogens (tertiary/aromatic N) is 1. The number of hydrogen-bond donors (Lipinski definition) is 0. The van der Waals surface area contributed by atoms with Crippen LogP contribution in [-0.2, 0) is 11.2 Å². The van der Waals surface area contributed by atoms with Gasteiger partial charge in [0, 0.05) is 6.54 Å². The third-order valence-corrected chi connectivity index (χ3v) is 4.80. The Morgan fingerprint density at radius 2 is 1.92 bits per heavy atom. The van der Waals surface area contributed by atoms with Gasteiger partial charge >= 0.3 is 0 Å². The standard InChI is InChI=1S/C19H20ClNO4/c1-23-14-4-5-15-12(8-14)6-7-21(11-22)18(15)13-9-16(20)19(25-3)17(10-13)24-2/h4-5,8-11,18H,6-7H2,1-3H3. The van der Waals surface area contributed by atoms with E-state index in [1.54, 1.807) is 26.2 Å². The Balaban J connectivity index is 2.14. The van der Waals surface area contributed by atoms with Crippen LogP contribution in [0, 0.1) is 0 Å². The Hall–Kier alpha value is -2.40. The minimum atomic E-state index is -0.232. The highest BCUT2D eigenvalue weighted by Gasteiger charge is 2.29. The maximum Gasteiger partial charge on any atom is 0.210 e. The first kappa shape index (κ1) is 17.4. The van der Waals surface area contributed by atoms with E-state index in [1.165, 1.54) is 0 Å². The molecule has 0 saturated carbocycles. The van der Waals surface area contributed by atoms with Crippen molar-refractivity contribution in [1.29, 1.82) is 0 Å². The van der Waals surface area contributed by atoms with Crippen LogP contribution in [0.1, 0.15) is 22.7 Å². The minimum absolute atomic E-state index is 0.232. The number of carbonyl (C=O) groups is 1. The molecule has 2 aromatic rings. The molecule has 132 valence electrons. The van der Waals surface area contributed by atoms with E-state index in [4.69, 9.17) is 25.8 Å². The smallest absolute Gasteiger partial charge is 0.210 e. The molecule has 0 spiro atoms. The van der Waals surface area contributed by atoms with Crippen molar-refractivity contribution in [2.75, 3.05) is 27.9 Å². The average molecular weight is 362 g/mol. The van der Waals surface area contributed by atoms with Gasteiger partial charge < -0.3 is 19.1 Å². The number of fused-ring (bicyclic) bond motifs is 1. The number of carbonyl (C=O) groups excluding carboxylic acids is 1. The van der Waals surface area contributed by atoms with Gasteiger partial charge in [-0.25, -0.2) is 0 Å². The lowest BCUT2D eigenvalue weighted by Gasteiger charge is -2.35. The molecular formula is C19H20ClNO4. The van der Waals surface area contributed by atoms with Crippen LogP contribution in [0.4, 0.5) is 0 Å². The fraction of sp³-hybridized carbons (Fsp3) is 0.316. The number of halogens is 1. The van der Waals surface area contributed by atoms with Crippen molar-refractivity contribution in [2.45, 2.75) is 12.5 Å². The molecule has 0 bridgehead atoms. The van der Waals surface area contributed by atoms with Gasteiger partial charge in [-0.05, 0) is 47.4 Å². The van der Waals surface area contributed by atoms with Gasteiger partial charge in [-0.3, -0.25) is 4.79 Å². The van der Waals surface area contributed by atoms with Gasteiger partial charge in [-0.2, -0.15) is 0 Å². The van der Waals surface area contributed by atoms with Crippen LogP contribution in [0.3, 0.4) is 0 Å². The van der Waals surface area contributed by atoms with Crippen molar-refractivity contribution < 1.29 is 19.0 Å². The van der Waals surface area contributed by atoms with Gasteiger partial charge in [0.2, 0.25) is 6.41 Å². The summed E-state index contributed by atoms with van der Waals surface area (Å²) < 4.78 is 16.0. The quantitative estimate of drug-likeness (QED) is 0.765. The maximum atomic E-state index is 11.7. The van der Waals surface area contributed by atoms with E-state index >= 15 is 0 Å². The summed E-state index contributed by atoms with van der Waals surface area (Å²) in [6.45, 7) is 0.625. The Morgan fingerprint density at radius 3 is 2.56 bits per heavy atom. The van der Waals surface area contributed by atoms with Gasteiger partial charge in [0.15, 0.2) is 11.5 Å². The molecule has 0 N–H and O–H groups in total. The predicted molar refractivity (Wildman–Crippen MR) is 95.9 cm³/mol. The highest BCUT2D eigenvalue weighted by molar-refractivity contribution is 6.32. The fourth-order valence-electron chi connectivity index (χ4n) is 3.33. The highest BCUT2D eigenvalue weighted by Crippen LogP contribution is 2.42. The summed E-state index contributed by atoms with van der Waals surface area (Å²) in [6, 6.07) is 9.38. The first-order valence-electron chi connectivity index (χ1n) is 7.92. The molecule has 5 nitrogen and oxygen atoms in total. The molecule has 1 heterocycles. The van der Waals surface area contributed by atoms with E-state index in [2.05, 4.69) is 0 Å². The van der Waals surface area contributed by atoms with E-state index in [0.717, 1.165) is 35.3 Å². The normalized spacial score (nSPS) is 16.2. The number of benzene rings is 2. The van der Waals surface area contributed by atoms with Crippen molar-refractivity contribution in [3.8, 4) is 17.2 Å². The molecule has 1 atom stereocenters. The number of hydrogen-bond acceptors (Lipinski definition) is 4. The van der Waals surface area contributed by atoms with Gasteiger partial charge in [-0.15, -0.1) is 0 Å². The van der Waals surface area contributed by atoms with Crippen LogP contribution >= 0.6 is 11.6 Å². The Labute approximate surface area is 152 Å². The zero-order chi connectivity index (χ0) is 18.0. The molecule has 1 amide bonds. The number of ether oxygens (including phenoxy) is 3. The van der Waals surface area contributed by atoms with Crippen LogP contribution in [0.15, 0.2) is 30.3 Å². The molecular weight excluding hydrogens is 342 g/mol. The zero-order valence-corrected chi connectivity index (χ0v) is 15.2. The largest absolute Gasteiger partial charge is 0.497 e. The zero-order valence-electron chi connectivity index (χ0n) is 14.4. The molecule has 1 aliphatic rings. The van der Waals surface area contributed by atoms with E-state index in [9.17, 15) is 4.79 Å². The van der Waals surface area contributed by atoms with Gasteiger partial charge in [-0.1, -0.05) is 17.7 Å². The van der Waals surface area contributed by atoms with Crippen molar-refractivity contribution in [3.63, 3.8) is 0 Å². The summed E-state index contributed by atoms with van der Waals surface area (Å²) in [5.74, 6) is 1.83. The lowest BCUT2D eigenvalue weighted by atomic mass is 9.88. The Bertz CT molecular complexity index is 793. The fourth-order valence-corrected chi connectivity index (χ4v) is 3.63. The second kappa shape index (κ2) is 7.23. The average Bonchev–Trinajstić information content (AvgIpc) is 2.65. The predicted octanol–water partition coefficient (Wildman–Crippen LogP) is 3.47. The van der Waals surface area contributed by atoms with Gasteiger partial charge in [0.25, 0.3) is 0 Å². The van der Waals surface area contributed by atoms with Crippen LogP contribution < -0.4 is 14.2 Å². The van der Waals surface area contributed by atoms with E-state index in [1.807, 2.05) is 30.3 Å². The Morgan fingerprint density at radius 1 is 1.12 bits per heavy atom. The molecule has 0 saturated heterocycles. The SMILES string of the molecule is COc1ccc2c(c1)CCN(C=O)C2c1cc(Cl)c(OC)c(OC)c1. The minimum Gasteiger partial charge on any atom is -0.497 e. The van der Waals surface area contributed by atoms with Crippen LogP contribution in [0.2, 0.25) is 5.02 Å². The second-order valence-electron chi connectivity index (χ2n) is 5.80. The molecule has 1 aliphatic heterocycles. The summed E-state index contributed by atoms with van der Waals surface area (Å²) in [6.07, 6.45) is 1.66. The summed E-state index contributed by atoms with van der Waals surface area (Å²) in [4.78, 5) is 13.4. The topological polar surface area (TPSA) is 48.0 Å². The molecule has 6 heteroatoms. The highest BCUT2D eigenvalue weighted by atomic mass is 35.5. The van der Waals surface area contributed by atoms with Crippen molar-refractivity contribution >= 4 is 18.0 Å². The molecule has 0 aromatic heterocycles. The van der Waals surface area contributed by atoms with Crippen LogP contribution in [0.25, 0.3) is 0 Å². The molecule has 0 fully saturated rings. The molecule has 25 heavy (non-hydrogen) atoms. The number of amides is 1. The van der Waals surface area contributed by atoms with Crippen molar-refractivity contribution in [1.82, 2.24) is 4.90 Å². The van der Waals surface area contributed by atoms with Crippen LogP contribution in [-0.4, -0.2) is 39.2 Å². The third kappa shape index (κ3) is 3.12. The molecule has 3 rings (SSSR count). The van der Waals surface area contributed by atoms with Crippen molar-refractivity contribution in [2.24, 2.45) is 0 Å². The van der Waals surface area contributed by atoms with E-state index in [-0.39, 0.29) is 6.04 Å². The van der Waals surface area contributed by atoms with Gasteiger partial charge in [0.1, 0.15) is 5.75 Å². The van der Waals surface area contributed by atoms with Gasteiger partial charge in [0.05, 0.1) is 32.4 Å². The number of methoxy groups -OCH3 is 3. The first-order valence-corrected chi connectivity index (χ1v) is 8.30. The summed E-state index contributed by atoms with van der Waals surface area (Å²) in [5, 5.41) is 0.448. The lowest BCUT2D eigenvalue weighted by molar-refractivity contribution is -0.119. The van der Waals surface area contributed by atoms with E-state index in [0.29, 0.717) is 23.1 Å². The third-order valence-electron chi connectivity index (χ3n) is 4.52. The lowest BCUT2D eigenvalue weighted by Crippen LogP contribution is -2.35. The summed E-state index contributed by atoms with van der Waals surface area (Å²) in [7, 11) is 4.76. The molecule has 0 aliphatic carbocycles.